The standard InChI is InChI=1S/C4H8FNO/c5-4(7-6)3-1-2-3/h3-4H,1-2,6H2. The Labute approximate surface area is 41.4 Å². The van der Waals surface area contributed by atoms with Gasteiger partial charge < -0.3 is 0 Å². The van der Waals surface area contributed by atoms with Crippen LogP contribution in [0.25, 0.3) is 0 Å². The molecule has 42 valence electrons. The Morgan fingerprint density at radius 1 is 1.71 bits per heavy atom. The van der Waals surface area contributed by atoms with Crippen LogP contribution in [0.15, 0.2) is 0 Å². The third-order valence-corrected chi connectivity index (χ3v) is 1.12. The minimum Gasteiger partial charge on any atom is -0.267 e. The Morgan fingerprint density at radius 2 is 2.29 bits per heavy atom. The van der Waals surface area contributed by atoms with Crippen molar-refractivity contribution in [3.63, 3.8) is 0 Å². The third kappa shape index (κ3) is 1.11. The Balaban J connectivity index is 2.10. The number of hydrogen-bond acceptors (Lipinski definition) is 2. The molecule has 2 nitrogen and oxygen atoms in total. The van der Waals surface area contributed by atoms with Crippen LogP contribution in [0.2, 0.25) is 0 Å². The van der Waals surface area contributed by atoms with E-state index < -0.39 is 6.36 Å². The SMILES string of the molecule is NOC(F)C1CC1. The molecule has 0 aromatic carbocycles. The zero-order valence-corrected chi connectivity index (χ0v) is 3.93. The fourth-order valence-corrected chi connectivity index (χ4v) is 0.469. The van der Waals surface area contributed by atoms with Crippen molar-refractivity contribution in [3.8, 4) is 0 Å². The van der Waals surface area contributed by atoms with Gasteiger partial charge in [-0.05, 0) is 12.8 Å². The minimum absolute atomic E-state index is 0.102. The second-order valence-electron chi connectivity index (χ2n) is 1.82. The summed E-state index contributed by atoms with van der Waals surface area (Å²) in [6.45, 7) is 0. The largest absolute Gasteiger partial charge is 0.267 e. The fourth-order valence-electron chi connectivity index (χ4n) is 0.469. The molecule has 0 aromatic heterocycles. The Kier molecular flexibility index (Phi) is 1.25. The maximum atomic E-state index is 12.0. The van der Waals surface area contributed by atoms with Gasteiger partial charge in [0.15, 0.2) is 0 Å². The molecule has 1 aliphatic carbocycles. The maximum absolute atomic E-state index is 12.0. The van der Waals surface area contributed by atoms with E-state index in [1.54, 1.807) is 0 Å². The normalized spacial score (nSPS) is 24.9. The molecule has 0 radical (unpaired) electrons. The molecule has 0 aliphatic heterocycles. The molecule has 1 rings (SSSR count). The molecule has 0 heterocycles. The molecule has 1 unspecified atom stereocenters. The van der Waals surface area contributed by atoms with E-state index in [0.29, 0.717) is 0 Å². The van der Waals surface area contributed by atoms with Gasteiger partial charge in [-0.25, -0.2) is 10.3 Å². The number of alkyl halides is 1. The summed E-state index contributed by atoms with van der Waals surface area (Å²) >= 11 is 0. The van der Waals surface area contributed by atoms with E-state index in [2.05, 4.69) is 10.7 Å². The van der Waals surface area contributed by atoms with Gasteiger partial charge in [-0.15, -0.1) is 0 Å². The van der Waals surface area contributed by atoms with Crippen molar-refractivity contribution in [1.29, 1.82) is 0 Å². The first-order valence-electron chi connectivity index (χ1n) is 2.34. The number of hydrogen-bond donors (Lipinski definition) is 1. The molecule has 0 spiro atoms. The van der Waals surface area contributed by atoms with Crippen LogP contribution in [0.1, 0.15) is 12.8 Å². The van der Waals surface area contributed by atoms with E-state index in [0.717, 1.165) is 12.8 Å². The van der Waals surface area contributed by atoms with Gasteiger partial charge in [0.25, 0.3) is 0 Å². The highest BCUT2D eigenvalue weighted by atomic mass is 19.1. The van der Waals surface area contributed by atoms with E-state index >= 15 is 0 Å². The molecule has 3 heteroatoms. The molecular formula is C4H8FNO. The van der Waals surface area contributed by atoms with Crippen LogP contribution in [0.5, 0.6) is 0 Å². The molecule has 7 heavy (non-hydrogen) atoms. The summed E-state index contributed by atoms with van der Waals surface area (Å²) < 4.78 is 12.0. The van der Waals surface area contributed by atoms with Gasteiger partial charge in [0, 0.05) is 5.92 Å². The zero-order chi connectivity index (χ0) is 5.28. The zero-order valence-electron chi connectivity index (χ0n) is 3.93. The summed E-state index contributed by atoms with van der Waals surface area (Å²) in [6.07, 6.45) is 0.650. The van der Waals surface area contributed by atoms with E-state index in [9.17, 15) is 4.39 Å². The van der Waals surface area contributed by atoms with Crippen molar-refractivity contribution in [2.45, 2.75) is 19.2 Å². The first kappa shape index (κ1) is 5.00. The molecule has 2 N–H and O–H groups in total. The van der Waals surface area contributed by atoms with Gasteiger partial charge >= 0.3 is 0 Å². The monoisotopic (exact) mass is 105 g/mol. The molecule has 0 amide bonds. The van der Waals surface area contributed by atoms with Gasteiger partial charge in [-0.2, -0.15) is 0 Å². The van der Waals surface area contributed by atoms with Crippen molar-refractivity contribution >= 4 is 0 Å². The van der Waals surface area contributed by atoms with Crippen molar-refractivity contribution in [1.82, 2.24) is 0 Å². The summed E-state index contributed by atoms with van der Waals surface area (Å²) in [4.78, 5) is 3.91. The number of nitrogens with two attached hydrogens (primary N) is 1. The van der Waals surface area contributed by atoms with Crippen LogP contribution in [-0.4, -0.2) is 6.36 Å². The van der Waals surface area contributed by atoms with Crippen LogP contribution in [0.4, 0.5) is 4.39 Å². The molecular weight excluding hydrogens is 97.0 g/mol. The first-order valence-corrected chi connectivity index (χ1v) is 2.34. The van der Waals surface area contributed by atoms with E-state index in [-0.39, 0.29) is 5.92 Å². The summed E-state index contributed by atoms with van der Waals surface area (Å²) in [5.41, 5.74) is 0. The van der Waals surface area contributed by atoms with E-state index in [1.165, 1.54) is 0 Å². The van der Waals surface area contributed by atoms with Gasteiger partial charge in [0.2, 0.25) is 6.36 Å². The topological polar surface area (TPSA) is 35.2 Å². The summed E-state index contributed by atoms with van der Waals surface area (Å²) in [5.74, 6) is 4.64. The molecule has 1 saturated carbocycles. The van der Waals surface area contributed by atoms with Crippen molar-refractivity contribution < 1.29 is 9.23 Å². The second kappa shape index (κ2) is 1.76. The summed E-state index contributed by atoms with van der Waals surface area (Å²) in [6, 6.07) is 0. The predicted molar refractivity (Wildman–Crippen MR) is 22.9 cm³/mol. The average molecular weight is 105 g/mol. The fraction of sp³-hybridized carbons (Fsp3) is 1.00. The smallest absolute Gasteiger partial charge is 0.220 e. The highest BCUT2D eigenvalue weighted by Gasteiger charge is 2.31. The van der Waals surface area contributed by atoms with Crippen molar-refractivity contribution in [3.05, 3.63) is 0 Å². The maximum Gasteiger partial charge on any atom is 0.220 e. The third-order valence-electron chi connectivity index (χ3n) is 1.12. The molecule has 1 atom stereocenters. The number of rotatable bonds is 2. The van der Waals surface area contributed by atoms with Gasteiger partial charge in [-0.3, -0.25) is 4.84 Å². The van der Waals surface area contributed by atoms with Crippen molar-refractivity contribution in [2.24, 2.45) is 11.8 Å². The van der Waals surface area contributed by atoms with Crippen LogP contribution < -0.4 is 5.90 Å². The van der Waals surface area contributed by atoms with E-state index in [1.807, 2.05) is 0 Å². The van der Waals surface area contributed by atoms with E-state index in [4.69, 9.17) is 0 Å². The van der Waals surface area contributed by atoms with Gasteiger partial charge in [0.1, 0.15) is 0 Å². The lowest BCUT2D eigenvalue weighted by Crippen LogP contribution is -2.12. The lowest BCUT2D eigenvalue weighted by molar-refractivity contribution is -0.0552. The van der Waals surface area contributed by atoms with Gasteiger partial charge in [-0.1, -0.05) is 0 Å². The van der Waals surface area contributed by atoms with Gasteiger partial charge in [0.05, 0.1) is 0 Å². The molecule has 0 aromatic rings. The Bertz CT molecular complexity index is 64.7. The average Bonchev–Trinajstić information content (AvgIpc) is 2.44. The highest BCUT2D eigenvalue weighted by Crippen LogP contribution is 2.33. The Hall–Kier alpha value is -0.150. The first-order chi connectivity index (χ1) is 3.34. The predicted octanol–water partition coefficient (Wildman–Crippen LogP) is 0.582. The molecule has 0 saturated heterocycles. The van der Waals surface area contributed by atoms with Crippen LogP contribution in [-0.2, 0) is 4.84 Å². The number of halogens is 1. The second-order valence-corrected chi connectivity index (χ2v) is 1.82. The summed E-state index contributed by atoms with van der Waals surface area (Å²) in [7, 11) is 0. The quantitative estimate of drug-likeness (QED) is 0.521. The van der Waals surface area contributed by atoms with Crippen LogP contribution in [0.3, 0.4) is 0 Å². The van der Waals surface area contributed by atoms with Crippen LogP contribution >= 0.6 is 0 Å². The van der Waals surface area contributed by atoms with Crippen LogP contribution in [0, 0.1) is 5.92 Å². The molecule has 1 aliphatic rings. The molecule has 0 bridgehead atoms. The lowest BCUT2D eigenvalue weighted by Gasteiger charge is -1.98. The summed E-state index contributed by atoms with van der Waals surface area (Å²) in [5, 5.41) is 0. The molecule has 1 fully saturated rings. The van der Waals surface area contributed by atoms with Crippen molar-refractivity contribution in [2.75, 3.05) is 0 Å². The highest BCUT2D eigenvalue weighted by molar-refractivity contribution is 4.75. The lowest BCUT2D eigenvalue weighted by atomic mass is 10.4. The Morgan fingerprint density at radius 3 is 2.43 bits per heavy atom. The minimum atomic E-state index is -1.21.